The molecule has 0 saturated carbocycles. The van der Waals surface area contributed by atoms with Crippen molar-refractivity contribution in [3.8, 4) is 0 Å². The molecular weight excluding hydrogens is 106 g/mol. The summed E-state index contributed by atoms with van der Waals surface area (Å²) in [7, 11) is 0. The number of carboxylic acids is 1. The maximum Gasteiger partial charge on any atom is 0.320 e. The van der Waals surface area contributed by atoms with Gasteiger partial charge in [-0.05, 0) is 19.4 Å². The average Bonchev–Trinajstić information content (AvgIpc) is 2.14. The van der Waals surface area contributed by atoms with E-state index in [1.807, 2.05) is 0 Å². The Morgan fingerprint density at radius 3 is 3.00 bits per heavy atom. The van der Waals surface area contributed by atoms with Crippen molar-refractivity contribution in [3.63, 3.8) is 0 Å². The lowest BCUT2D eigenvalue weighted by Crippen LogP contribution is -2.29. The Kier molecular flexibility index (Phi) is 1.15. The van der Waals surface area contributed by atoms with Gasteiger partial charge in [-0.25, -0.2) is 0 Å². The van der Waals surface area contributed by atoms with Crippen molar-refractivity contribution in [2.75, 3.05) is 6.52 Å². The van der Waals surface area contributed by atoms with Crippen LogP contribution in [-0.4, -0.2) is 23.6 Å². The Morgan fingerprint density at radius 2 is 2.75 bits per heavy atom. The van der Waals surface area contributed by atoms with Crippen LogP contribution in [0.2, 0.25) is 0 Å². The summed E-state index contributed by atoms with van der Waals surface area (Å²) < 4.78 is 7.08. The highest BCUT2D eigenvalue weighted by molar-refractivity contribution is 5.73. The number of rotatable bonds is 1. The predicted molar refractivity (Wildman–Crippen MR) is 28.7 cm³/mol. The number of hydrogen-bond acceptors (Lipinski definition) is 2. The van der Waals surface area contributed by atoms with Gasteiger partial charge < -0.3 is 10.4 Å². The molecule has 3 nitrogen and oxygen atoms in total. The summed E-state index contributed by atoms with van der Waals surface area (Å²) in [5.74, 6) is -0.843. The lowest BCUT2D eigenvalue weighted by Gasteiger charge is -1.99. The molecule has 0 aliphatic carbocycles. The van der Waals surface area contributed by atoms with Gasteiger partial charge in [-0.15, -0.1) is 0 Å². The number of carbonyl (C=O) groups is 1. The highest BCUT2D eigenvalue weighted by Crippen LogP contribution is 2.03. The summed E-state index contributed by atoms with van der Waals surface area (Å²) in [4.78, 5) is 10.2. The van der Waals surface area contributed by atoms with Gasteiger partial charge in [-0.1, -0.05) is 0 Å². The molecule has 46 valence electrons. The normalized spacial score (nSPS) is 39.2. The first-order valence-corrected chi connectivity index (χ1v) is 2.61. The first kappa shape index (κ1) is 4.32. The van der Waals surface area contributed by atoms with Crippen LogP contribution < -0.4 is 5.32 Å². The van der Waals surface area contributed by atoms with Gasteiger partial charge in [0, 0.05) is 1.37 Å². The first-order chi connectivity index (χ1) is 4.20. The van der Waals surface area contributed by atoms with Crippen LogP contribution in [0, 0.1) is 0 Å². The fourth-order valence-electron chi connectivity index (χ4n) is 0.754. The molecule has 2 atom stereocenters. The molecule has 1 fully saturated rings. The molecule has 8 heavy (non-hydrogen) atoms. The predicted octanol–water partition coefficient (Wildman–Crippen LogP) is -0.177. The standard InChI is InChI=1S/C5H9NO2/c7-5(8)4-2-1-3-6-4/h4,6H,1-3H2,(H,7,8)/t4-/m0/s1/i3D/t3-,4+/m1. The fourth-order valence-corrected chi connectivity index (χ4v) is 0.754. The lowest BCUT2D eigenvalue weighted by atomic mass is 10.2. The van der Waals surface area contributed by atoms with Crippen LogP contribution in [0.3, 0.4) is 0 Å². The molecule has 0 amide bonds. The van der Waals surface area contributed by atoms with Gasteiger partial charge >= 0.3 is 5.97 Å². The Morgan fingerprint density at radius 1 is 2.00 bits per heavy atom. The Labute approximate surface area is 49.1 Å². The summed E-state index contributed by atoms with van der Waals surface area (Å²) in [5.41, 5.74) is 0. The second-order valence-electron chi connectivity index (χ2n) is 1.84. The molecule has 0 aromatic carbocycles. The minimum absolute atomic E-state index is 0.369. The van der Waals surface area contributed by atoms with Crippen molar-refractivity contribution in [1.29, 1.82) is 0 Å². The number of aliphatic carboxylic acids is 1. The van der Waals surface area contributed by atoms with E-state index in [2.05, 4.69) is 5.32 Å². The molecule has 1 rings (SSSR count). The molecule has 0 bridgehead atoms. The zero-order chi connectivity index (χ0) is 6.85. The largest absolute Gasteiger partial charge is 0.480 e. The summed E-state index contributed by atoms with van der Waals surface area (Å²) in [6.45, 7) is -0.369. The summed E-state index contributed by atoms with van der Waals surface area (Å²) >= 11 is 0. The minimum atomic E-state index is -0.843. The van der Waals surface area contributed by atoms with E-state index in [9.17, 15) is 4.79 Å². The Hall–Kier alpha value is -0.570. The molecule has 1 aliphatic rings. The quantitative estimate of drug-likeness (QED) is 0.499. The summed E-state index contributed by atoms with van der Waals surface area (Å²) in [6, 6.07) is -0.479. The molecule has 1 aliphatic heterocycles. The fraction of sp³-hybridized carbons (Fsp3) is 0.800. The van der Waals surface area contributed by atoms with Crippen LogP contribution in [0.15, 0.2) is 0 Å². The zero-order valence-electron chi connectivity index (χ0n) is 5.42. The van der Waals surface area contributed by atoms with Gasteiger partial charge in [0.15, 0.2) is 0 Å². The van der Waals surface area contributed by atoms with Crippen LogP contribution in [0.25, 0.3) is 0 Å². The van der Waals surface area contributed by atoms with Gasteiger partial charge in [0.2, 0.25) is 0 Å². The Balaban J connectivity index is 2.39. The van der Waals surface area contributed by atoms with E-state index in [0.29, 0.717) is 12.8 Å². The monoisotopic (exact) mass is 116 g/mol. The topological polar surface area (TPSA) is 49.3 Å². The molecule has 0 radical (unpaired) electrons. The lowest BCUT2D eigenvalue weighted by molar-refractivity contribution is -0.139. The molecule has 0 aromatic heterocycles. The van der Waals surface area contributed by atoms with Crippen molar-refractivity contribution in [3.05, 3.63) is 0 Å². The number of hydrogen-bond donors (Lipinski definition) is 2. The number of carboxylic acid groups (broad SMARTS) is 1. The van der Waals surface area contributed by atoms with Crippen molar-refractivity contribution < 1.29 is 11.3 Å². The van der Waals surface area contributed by atoms with E-state index in [1.54, 1.807) is 0 Å². The minimum Gasteiger partial charge on any atom is -0.480 e. The van der Waals surface area contributed by atoms with Crippen LogP contribution in [-0.2, 0) is 4.79 Å². The molecule has 3 heteroatoms. The SMILES string of the molecule is [2H][C@@H]1CC[C@@H](C(=O)O)N1. The second kappa shape index (κ2) is 2.13. The van der Waals surface area contributed by atoms with E-state index < -0.39 is 12.0 Å². The average molecular weight is 116 g/mol. The molecule has 2 N–H and O–H groups in total. The Bertz CT molecular complexity index is 128. The molecule has 0 spiro atoms. The van der Waals surface area contributed by atoms with Crippen LogP contribution in [0.4, 0.5) is 0 Å². The second-order valence-corrected chi connectivity index (χ2v) is 1.84. The van der Waals surface area contributed by atoms with E-state index in [-0.39, 0.29) is 6.52 Å². The summed E-state index contributed by atoms with van der Waals surface area (Å²) in [6.07, 6.45) is 1.24. The molecule has 0 unspecified atom stereocenters. The van der Waals surface area contributed by atoms with E-state index in [1.165, 1.54) is 0 Å². The van der Waals surface area contributed by atoms with Crippen LogP contribution in [0.1, 0.15) is 14.2 Å². The van der Waals surface area contributed by atoms with Gasteiger partial charge in [0.1, 0.15) is 6.04 Å². The van der Waals surface area contributed by atoms with Crippen molar-refractivity contribution in [1.82, 2.24) is 5.32 Å². The van der Waals surface area contributed by atoms with Gasteiger partial charge in [0.25, 0.3) is 0 Å². The van der Waals surface area contributed by atoms with E-state index in [0.717, 1.165) is 0 Å². The third kappa shape index (κ3) is 0.980. The number of nitrogens with one attached hydrogen (secondary N) is 1. The first-order valence-electron chi connectivity index (χ1n) is 3.19. The molecule has 1 saturated heterocycles. The van der Waals surface area contributed by atoms with Crippen LogP contribution in [0.5, 0.6) is 0 Å². The molecule has 0 aromatic rings. The summed E-state index contributed by atoms with van der Waals surface area (Å²) in [5, 5.41) is 11.0. The van der Waals surface area contributed by atoms with Gasteiger partial charge in [0.05, 0.1) is 0 Å². The highest BCUT2D eigenvalue weighted by Gasteiger charge is 2.20. The maximum absolute atomic E-state index is 10.2. The molecule has 1 heterocycles. The maximum atomic E-state index is 10.2. The zero-order valence-corrected chi connectivity index (χ0v) is 4.42. The van der Waals surface area contributed by atoms with Crippen molar-refractivity contribution in [2.45, 2.75) is 18.9 Å². The van der Waals surface area contributed by atoms with Crippen molar-refractivity contribution in [2.24, 2.45) is 0 Å². The van der Waals surface area contributed by atoms with Gasteiger partial charge in [-0.3, -0.25) is 4.79 Å². The van der Waals surface area contributed by atoms with E-state index >= 15 is 0 Å². The highest BCUT2D eigenvalue weighted by atomic mass is 16.4. The van der Waals surface area contributed by atoms with Crippen LogP contribution >= 0.6 is 0 Å². The smallest absolute Gasteiger partial charge is 0.320 e. The van der Waals surface area contributed by atoms with Gasteiger partial charge in [-0.2, -0.15) is 0 Å². The molecular formula is C5H9NO2. The third-order valence-electron chi connectivity index (χ3n) is 1.22. The van der Waals surface area contributed by atoms with Crippen molar-refractivity contribution >= 4 is 5.97 Å². The third-order valence-corrected chi connectivity index (χ3v) is 1.22. The van der Waals surface area contributed by atoms with E-state index in [4.69, 9.17) is 6.48 Å².